The largest absolute Gasteiger partial charge is 0.356 e. The number of rotatable bonds is 3. The third kappa shape index (κ3) is 5.14. The predicted molar refractivity (Wildman–Crippen MR) is 29.0 cm³/mol. The van der Waals surface area contributed by atoms with E-state index in [1.54, 1.807) is 6.29 Å². The van der Waals surface area contributed by atoms with Gasteiger partial charge in [-0.2, -0.15) is 0 Å². The maximum atomic E-state index is 10.1. The molecule has 0 unspecified atom stereocenters. The second-order valence-corrected chi connectivity index (χ2v) is 1.38. The highest BCUT2D eigenvalue weighted by Crippen LogP contribution is 1.65. The standard InChI is InChI=1S/C5H8NO2/c1-5(8)6-3-2-4-7/h2-3H2,1H3,(H,6,8). The lowest BCUT2D eigenvalue weighted by atomic mass is 10.5. The number of hydrogen-bond donors (Lipinski definition) is 1. The highest BCUT2D eigenvalue weighted by molar-refractivity contribution is 5.73. The molecule has 0 fully saturated rings. The lowest BCUT2D eigenvalue weighted by Crippen LogP contribution is -2.20. The molecule has 0 saturated carbocycles. The molecule has 0 saturated heterocycles. The number of carbonyl (C=O) groups excluding carboxylic acids is 2. The second-order valence-electron chi connectivity index (χ2n) is 1.38. The van der Waals surface area contributed by atoms with Crippen LogP contribution in [-0.2, 0) is 9.59 Å². The van der Waals surface area contributed by atoms with Crippen LogP contribution in [0.25, 0.3) is 0 Å². The minimum absolute atomic E-state index is 0.111. The summed E-state index contributed by atoms with van der Waals surface area (Å²) < 4.78 is 0. The molecule has 3 heteroatoms. The Bertz CT molecular complexity index is 90.4. The third-order valence-electron chi connectivity index (χ3n) is 0.601. The summed E-state index contributed by atoms with van der Waals surface area (Å²) in [5.74, 6) is -0.111. The summed E-state index contributed by atoms with van der Waals surface area (Å²) in [4.78, 5) is 19.6. The van der Waals surface area contributed by atoms with Crippen LogP contribution in [0.1, 0.15) is 13.3 Å². The summed E-state index contributed by atoms with van der Waals surface area (Å²) in [6.07, 6.45) is 1.94. The summed E-state index contributed by atoms with van der Waals surface area (Å²) in [7, 11) is 0. The van der Waals surface area contributed by atoms with Crippen LogP contribution in [0.15, 0.2) is 0 Å². The zero-order chi connectivity index (χ0) is 6.41. The van der Waals surface area contributed by atoms with Gasteiger partial charge in [-0.25, -0.2) is 0 Å². The van der Waals surface area contributed by atoms with Crippen LogP contribution in [0.4, 0.5) is 0 Å². The quantitative estimate of drug-likeness (QED) is 0.508. The SMILES string of the molecule is CC(=O)NCC[C]=O. The van der Waals surface area contributed by atoms with Gasteiger partial charge < -0.3 is 5.32 Å². The van der Waals surface area contributed by atoms with Crippen LogP contribution in [-0.4, -0.2) is 18.7 Å². The Morgan fingerprint density at radius 2 is 2.38 bits per heavy atom. The van der Waals surface area contributed by atoms with Crippen molar-refractivity contribution in [3.63, 3.8) is 0 Å². The van der Waals surface area contributed by atoms with Gasteiger partial charge >= 0.3 is 0 Å². The van der Waals surface area contributed by atoms with Gasteiger partial charge in [0.05, 0.1) is 0 Å². The fraction of sp³-hybridized carbons (Fsp3) is 0.600. The second kappa shape index (κ2) is 4.30. The zero-order valence-electron chi connectivity index (χ0n) is 4.73. The molecule has 0 heterocycles. The summed E-state index contributed by atoms with van der Waals surface area (Å²) in [6.45, 7) is 1.81. The molecule has 0 bridgehead atoms. The van der Waals surface area contributed by atoms with E-state index < -0.39 is 0 Å². The first-order chi connectivity index (χ1) is 3.77. The Hall–Kier alpha value is -0.860. The molecule has 0 rings (SSSR count). The van der Waals surface area contributed by atoms with Gasteiger partial charge in [0.15, 0.2) is 6.29 Å². The summed E-state index contributed by atoms with van der Waals surface area (Å²) in [5.41, 5.74) is 0. The fourth-order valence-electron chi connectivity index (χ4n) is 0.290. The van der Waals surface area contributed by atoms with Gasteiger partial charge in [0, 0.05) is 19.9 Å². The van der Waals surface area contributed by atoms with E-state index in [2.05, 4.69) is 5.32 Å². The van der Waals surface area contributed by atoms with Gasteiger partial charge in [-0.15, -0.1) is 0 Å². The molecular formula is C5H8NO2. The molecule has 0 aliphatic heterocycles. The average Bonchev–Trinajstić information content (AvgIpc) is 1.66. The molecule has 0 aromatic rings. The first kappa shape index (κ1) is 7.14. The van der Waals surface area contributed by atoms with E-state index in [1.165, 1.54) is 6.92 Å². The number of hydrogen-bond acceptors (Lipinski definition) is 2. The molecule has 0 aliphatic rings. The monoisotopic (exact) mass is 114 g/mol. The number of amides is 1. The number of carbonyl (C=O) groups is 1. The van der Waals surface area contributed by atoms with Crippen molar-refractivity contribution in [3.8, 4) is 0 Å². The third-order valence-corrected chi connectivity index (χ3v) is 0.601. The molecule has 3 nitrogen and oxygen atoms in total. The summed E-state index contributed by atoms with van der Waals surface area (Å²) in [6, 6.07) is 0. The predicted octanol–water partition coefficient (Wildman–Crippen LogP) is -0.378. The normalized spacial score (nSPS) is 8.12. The number of nitrogens with one attached hydrogen (secondary N) is 1. The van der Waals surface area contributed by atoms with Crippen molar-refractivity contribution in [2.24, 2.45) is 0 Å². The van der Waals surface area contributed by atoms with Gasteiger partial charge in [-0.05, 0) is 0 Å². The molecule has 1 N–H and O–H groups in total. The molecule has 1 amide bonds. The van der Waals surface area contributed by atoms with Crippen LogP contribution in [0.5, 0.6) is 0 Å². The lowest BCUT2D eigenvalue weighted by molar-refractivity contribution is -0.118. The molecule has 1 radical (unpaired) electrons. The van der Waals surface area contributed by atoms with E-state index in [0.717, 1.165) is 0 Å². The molecule has 8 heavy (non-hydrogen) atoms. The smallest absolute Gasteiger partial charge is 0.216 e. The van der Waals surface area contributed by atoms with Gasteiger partial charge in [0.25, 0.3) is 0 Å². The maximum absolute atomic E-state index is 10.1. The highest BCUT2D eigenvalue weighted by atomic mass is 16.1. The van der Waals surface area contributed by atoms with Gasteiger partial charge in [0.2, 0.25) is 5.91 Å². The van der Waals surface area contributed by atoms with Crippen LogP contribution in [0.2, 0.25) is 0 Å². The van der Waals surface area contributed by atoms with Crippen molar-refractivity contribution in [3.05, 3.63) is 0 Å². The van der Waals surface area contributed by atoms with E-state index in [9.17, 15) is 9.59 Å². The summed E-state index contributed by atoms with van der Waals surface area (Å²) in [5, 5.41) is 2.44. The average molecular weight is 114 g/mol. The van der Waals surface area contributed by atoms with Gasteiger partial charge in [0.1, 0.15) is 0 Å². The van der Waals surface area contributed by atoms with E-state index >= 15 is 0 Å². The topological polar surface area (TPSA) is 46.2 Å². The maximum Gasteiger partial charge on any atom is 0.216 e. The van der Waals surface area contributed by atoms with E-state index in [-0.39, 0.29) is 12.3 Å². The first-order valence-corrected chi connectivity index (χ1v) is 2.37. The van der Waals surface area contributed by atoms with Gasteiger partial charge in [-0.1, -0.05) is 0 Å². The van der Waals surface area contributed by atoms with Crippen molar-refractivity contribution < 1.29 is 9.59 Å². The van der Waals surface area contributed by atoms with Crippen molar-refractivity contribution in [2.75, 3.05) is 6.54 Å². The Labute approximate surface area is 48.1 Å². The molecule has 0 aliphatic carbocycles. The van der Waals surface area contributed by atoms with Crippen molar-refractivity contribution in [1.29, 1.82) is 0 Å². The molecular weight excluding hydrogens is 106 g/mol. The van der Waals surface area contributed by atoms with Crippen LogP contribution in [0, 0.1) is 0 Å². The fourth-order valence-corrected chi connectivity index (χ4v) is 0.290. The van der Waals surface area contributed by atoms with Crippen molar-refractivity contribution in [2.45, 2.75) is 13.3 Å². The molecule has 0 spiro atoms. The van der Waals surface area contributed by atoms with E-state index in [1.807, 2.05) is 0 Å². The molecule has 45 valence electrons. The zero-order valence-corrected chi connectivity index (χ0v) is 4.73. The van der Waals surface area contributed by atoms with Crippen molar-refractivity contribution in [1.82, 2.24) is 5.32 Å². The van der Waals surface area contributed by atoms with Crippen LogP contribution >= 0.6 is 0 Å². The van der Waals surface area contributed by atoms with Crippen LogP contribution < -0.4 is 5.32 Å². The van der Waals surface area contributed by atoms with Crippen molar-refractivity contribution >= 4 is 12.2 Å². The minimum Gasteiger partial charge on any atom is -0.356 e. The Morgan fingerprint density at radius 1 is 1.75 bits per heavy atom. The Morgan fingerprint density at radius 3 is 2.75 bits per heavy atom. The molecule has 0 aromatic carbocycles. The van der Waals surface area contributed by atoms with E-state index in [0.29, 0.717) is 6.54 Å². The first-order valence-electron chi connectivity index (χ1n) is 2.37. The van der Waals surface area contributed by atoms with Gasteiger partial charge in [-0.3, -0.25) is 9.59 Å². The Balaban J connectivity index is 2.93. The minimum atomic E-state index is -0.111. The van der Waals surface area contributed by atoms with E-state index in [4.69, 9.17) is 0 Å². The lowest BCUT2D eigenvalue weighted by Gasteiger charge is -1.92. The molecule has 0 aromatic heterocycles. The Kier molecular flexibility index (Phi) is 3.84. The van der Waals surface area contributed by atoms with Crippen LogP contribution in [0.3, 0.4) is 0 Å². The summed E-state index contributed by atoms with van der Waals surface area (Å²) >= 11 is 0. The highest BCUT2D eigenvalue weighted by Gasteiger charge is 1.86. The molecule has 0 atom stereocenters.